The minimum absolute atomic E-state index is 0.0462. The van der Waals surface area contributed by atoms with Gasteiger partial charge < -0.3 is 14.4 Å². The molecule has 1 heterocycles. The number of nitrogens with zero attached hydrogens (tertiary/aromatic N) is 1. The molecule has 1 amide bonds. The highest BCUT2D eigenvalue weighted by Gasteiger charge is 2.31. The van der Waals surface area contributed by atoms with Gasteiger partial charge in [0, 0.05) is 11.6 Å². The van der Waals surface area contributed by atoms with Crippen LogP contribution >= 0.6 is 11.8 Å². The smallest absolute Gasteiger partial charge is 0.261 e. The molecule has 1 aliphatic heterocycles. The van der Waals surface area contributed by atoms with E-state index >= 15 is 0 Å². The summed E-state index contributed by atoms with van der Waals surface area (Å²) in [5.41, 5.74) is 2.01. The summed E-state index contributed by atoms with van der Waals surface area (Å²) < 4.78 is 10.6. The first-order valence-electron chi connectivity index (χ1n) is 8.06. The van der Waals surface area contributed by atoms with Gasteiger partial charge in [-0.25, -0.2) is 0 Å². The molecule has 5 heteroatoms. The summed E-state index contributed by atoms with van der Waals surface area (Å²) in [6.45, 7) is 2.06. The van der Waals surface area contributed by atoms with Crippen LogP contribution in [-0.4, -0.2) is 30.9 Å². The molecule has 1 aliphatic rings. The average molecular weight is 355 g/mol. The number of carbonyl (C=O) groups excluding carboxylic acids is 1. The largest absolute Gasteiger partial charge is 0.497 e. The molecule has 0 aromatic heterocycles. The second kappa shape index (κ2) is 7.66. The van der Waals surface area contributed by atoms with Crippen molar-refractivity contribution in [2.75, 3.05) is 20.1 Å². The third-order valence-corrected chi connectivity index (χ3v) is 5.32. The number of carbonyl (C=O) groups is 1. The lowest BCUT2D eigenvalue weighted by molar-refractivity contribution is -0.126. The molecule has 1 saturated heterocycles. The first-order valence-corrected chi connectivity index (χ1v) is 9.05. The van der Waals surface area contributed by atoms with Gasteiger partial charge in [-0.1, -0.05) is 42.1 Å². The van der Waals surface area contributed by atoms with Crippen LogP contribution in [0.3, 0.4) is 0 Å². The Labute approximate surface area is 152 Å². The Morgan fingerprint density at radius 3 is 2.56 bits per heavy atom. The van der Waals surface area contributed by atoms with Gasteiger partial charge in [-0.3, -0.25) is 4.79 Å². The summed E-state index contributed by atoms with van der Waals surface area (Å²) in [6.07, 6.45) is 1.89. The van der Waals surface area contributed by atoms with E-state index in [1.54, 1.807) is 26.0 Å². The van der Waals surface area contributed by atoms with E-state index in [0.717, 1.165) is 21.8 Å². The van der Waals surface area contributed by atoms with Crippen LogP contribution in [0.5, 0.6) is 11.5 Å². The molecule has 25 heavy (non-hydrogen) atoms. The van der Waals surface area contributed by atoms with Crippen LogP contribution < -0.4 is 9.47 Å². The first kappa shape index (κ1) is 17.4. The minimum Gasteiger partial charge on any atom is -0.497 e. The third kappa shape index (κ3) is 3.66. The number of ether oxygens (including phenoxy) is 2. The van der Waals surface area contributed by atoms with Crippen molar-refractivity contribution in [3.05, 3.63) is 64.6 Å². The summed E-state index contributed by atoms with van der Waals surface area (Å²) >= 11 is 1.56. The van der Waals surface area contributed by atoms with Crippen LogP contribution in [0.15, 0.2) is 53.4 Å². The highest BCUT2D eigenvalue weighted by atomic mass is 32.2. The molecule has 0 radical (unpaired) electrons. The van der Waals surface area contributed by atoms with E-state index < -0.39 is 0 Å². The molecule has 2 aromatic rings. The molecule has 1 fully saturated rings. The molecule has 0 aliphatic carbocycles. The van der Waals surface area contributed by atoms with Crippen molar-refractivity contribution >= 4 is 23.7 Å². The lowest BCUT2D eigenvalue weighted by Crippen LogP contribution is -2.28. The monoisotopic (exact) mass is 355 g/mol. The van der Waals surface area contributed by atoms with E-state index in [9.17, 15) is 4.79 Å². The Bertz CT molecular complexity index is 789. The Kier molecular flexibility index (Phi) is 5.34. The molecule has 0 saturated carbocycles. The highest BCUT2D eigenvalue weighted by Crippen LogP contribution is 2.37. The molecule has 0 N–H and O–H groups in total. The van der Waals surface area contributed by atoms with Crippen LogP contribution in [0.2, 0.25) is 0 Å². The minimum atomic E-state index is 0.0462. The Hall–Kier alpha value is -2.40. The Morgan fingerprint density at radius 2 is 1.88 bits per heavy atom. The van der Waals surface area contributed by atoms with Gasteiger partial charge in [-0.2, -0.15) is 0 Å². The standard InChI is InChI=1S/C20H21NO3S/c1-14(15-7-5-4-6-8-15)21-13-25-19(20(21)22)11-16-9-10-17(23-2)12-18(16)24-3/h4-12,14H,13H2,1-3H3/b19-11-. The summed E-state index contributed by atoms with van der Waals surface area (Å²) in [6, 6.07) is 15.7. The summed E-state index contributed by atoms with van der Waals surface area (Å²) in [5, 5.41) is 0. The molecule has 0 spiro atoms. The predicted molar refractivity (Wildman–Crippen MR) is 102 cm³/mol. The zero-order valence-electron chi connectivity index (χ0n) is 14.6. The van der Waals surface area contributed by atoms with Crippen LogP contribution in [0.4, 0.5) is 0 Å². The van der Waals surface area contributed by atoms with Crippen molar-refractivity contribution in [3.8, 4) is 11.5 Å². The summed E-state index contributed by atoms with van der Waals surface area (Å²) in [4.78, 5) is 15.4. The number of benzene rings is 2. The molecular formula is C20H21NO3S. The van der Waals surface area contributed by atoms with Crippen LogP contribution in [-0.2, 0) is 4.79 Å². The lowest BCUT2D eigenvalue weighted by Gasteiger charge is -2.23. The number of hydrogen-bond donors (Lipinski definition) is 0. The number of amides is 1. The number of rotatable bonds is 5. The quantitative estimate of drug-likeness (QED) is 0.748. The zero-order chi connectivity index (χ0) is 17.8. The zero-order valence-corrected chi connectivity index (χ0v) is 15.4. The fraction of sp³-hybridized carbons (Fsp3) is 0.250. The third-order valence-electron chi connectivity index (χ3n) is 4.31. The van der Waals surface area contributed by atoms with Crippen molar-refractivity contribution in [2.45, 2.75) is 13.0 Å². The average Bonchev–Trinajstić information content (AvgIpc) is 3.02. The maximum absolute atomic E-state index is 12.8. The van der Waals surface area contributed by atoms with Crippen LogP contribution in [0, 0.1) is 0 Å². The van der Waals surface area contributed by atoms with Crippen molar-refractivity contribution in [2.24, 2.45) is 0 Å². The normalized spacial score (nSPS) is 17.0. The molecule has 2 aromatic carbocycles. The predicted octanol–water partition coefficient (Wildman–Crippen LogP) is 4.34. The first-order chi connectivity index (χ1) is 12.1. The van der Waals surface area contributed by atoms with Gasteiger partial charge >= 0.3 is 0 Å². The van der Waals surface area contributed by atoms with Gasteiger partial charge in [0.05, 0.1) is 31.0 Å². The van der Waals surface area contributed by atoms with E-state index in [1.165, 1.54) is 0 Å². The van der Waals surface area contributed by atoms with E-state index in [-0.39, 0.29) is 11.9 Å². The van der Waals surface area contributed by atoms with Crippen LogP contribution in [0.25, 0.3) is 6.08 Å². The van der Waals surface area contributed by atoms with Crippen LogP contribution in [0.1, 0.15) is 24.1 Å². The van der Waals surface area contributed by atoms with Crippen molar-refractivity contribution in [1.29, 1.82) is 0 Å². The summed E-state index contributed by atoms with van der Waals surface area (Å²) in [7, 11) is 3.23. The van der Waals surface area contributed by atoms with E-state index in [2.05, 4.69) is 19.1 Å². The van der Waals surface area contributed by atoms with Gasteiger partial charge in [-0.05, 0) is 30.7 Å². The van der Waals surface area contributed by atoms with E-state index in [1.807, 2.05) is 47.4 Å². The fourth-order valence-corrected chi connectivity index (χ4v) is 3.85. The topological polar surface area (TPSA) is 38.8 Å². The van der Waals surface area contributed by atoms with E-state index in [0.29, 0.717) is 11.6 Å². The van der Waals surface area contributed by atoms with Crippen molar-refractivity contribution in [3.63, 3.8) is 0 Å². The molecule has 4 nitrogen and oxygen atoms in total. The number of hydrogen-bond acceptors (Lipinski definition) is 4. The second-order valence-electron chi connectivity index (χ2n) is 5.75. The van der Waals surface area contributed by atoms with Gasteiger partial charge in [0.1, 0.15) is 11.5 Å². The van der Waals surface area contributed by atoms with Crippen molar-refractivity contribution < 1.29 is 14.3 Å². The van der Waals surface area contributed by atoms with Gasteiger partial charge in [-0.15, -0.1) is 0 Å². The fourth-order valence-electron chi connectivity index (χ4n) is 2.78. The van der Waals surface area contributed by atoms with Gasteiger partial charge in [0.15, 0.2) is 0 Å². The number of thioether (sulfide) groups is 1. The maximum atomic E-state index is 12.8. The second-order valence-corrected chi connectivity index (χ2v) is 6.74. The maximum Gasteiger partial charge on any atom is 0.261 e. The molecule has 0 bridgehead atoms. The molecule has 1 atom stereocenters. The number of methoxy groups -OCH3 is 2. The Balaban J connectivity index is 1.83. The highest BCUT2D eigenvalue weighted by molar-refractivity contribution is 8.04. The van der Waals surface area contributed by atoms with E-state index in [4.69, 9.17) is 9.47 Å². The molecule has 3 rings (SSSR count). The lowest BCUT2D eigenvalue weighted by atomic mass is 10.1. The SMILES string of the molecule is COc1ccc(/C=C2\SCN(C(C)c3ccccc3)C2=O)c(OC)c1. The van der Waals surface area contributed by atoms with Crippen molar-refractivity contribution in [1.82, 2.24) is 4.90 Å². The summed E-state index contributed by atoms with van der Waals surface area (Å²) in [5.74, 6) is 2.12. The molecular weight excluding hydrogens is 334 g/mol. The Morgan fingerprint density at radius 1 is 1.12 bits per heavy atom. The molecule has 1 unspecified atom stereocenters. The van der Waals surface area contributed by atoms with Gasteiger partial charge in [0.25, 0.3) is 5.91 Å². The molecule has 130 valence electrons. The van der Waals surface area contributed by atoms with Gasteiger partial charge in [0.2, 0.25) is 0 Å².